The summed E-state index contributed by atoms with van der Waals surface area (Å²) in [7, 11) is 4.16. The molecule has 2 nitrogen and oxygen atoms in total. The van der Waals surface area contributed by atoms with Gasteiger partial charge in [-0.1, -0.05) is 6.07 Å². The van der Waals surface area contributed by atoms with Crippen molar-refractivity contribution in [2.24, 2.45) is 0 Å². The molecular formula is C9H15ClN2. The summed E-state index contributed by atoms with van der Waals surface area (Å²) < 4.78 is 0. The summed E-state index contributed by atoms with van der Waals surface area (Å²) >= 11 is 0. The van der Waals surface area contributed by atoms with Crippen LogP contribution in [0.25, 0.3) is 0 Å². The van der Waals surface area contributed by atoms with Gasteiger partial charge in [-0.3, -0.25) is 4.98 Å². The van der Waals surface area contributed by atoms with E-state index < -0.39 is 0 Å². The molecule has 0 aliphatic carbocycles. The van der Waals surface area contributed by atoms with Crippen LogP contribution in [0.3, 0.4) is 0 Å². The highest BCUT2D eigenvalue weighted by Crippen LogP contribution is 1.96. The highest BCUT2D eigenvalue weighted by atomic mass is 35.5. The molecule has 0 N–H and O–H groups in total. The van der Waals surface area contributed by atoms with Gasteiger partial charge in [0.25, 0.3) is 0 Å². The third-order valence-electron chi connectivity index (χ3n) is 1.57. The fraction of sp³-hybridized carbons (Fsp3) is 0.444. The quantitative estimate of drug-likeness (QED) is 0.713. The van der Waals surface area contributed by atoms with Crippen LogP contribution < -0.4 is 0 Å². The summed E-state index contributed by atoms with van der Waals surface area (Å²) in [5.74, 6) is 0. The molecule has 68 valence electrons. The van der Waals surface area contributed by atoms with E-state index in [0.29, 0.717) is 0 Å². The maximum atomic E-state index is 4.04. The first-order valence-electron chi connectivity index (χ1n) is 3.82. The van der Waals surface area contributed by atoms with Gasteiger partial charge in [0.1, 0.15) is 0 Å². The lowest BCUT2D eigenvalue weighted by Crippen LogP contribution is -2.14. The third kappa shape index (κ3) is 4.31. The van der Waals surface area contributed by atoms with Crippen LogP contribution in [0.5, 0.6) is 0 Å². The van der Waals surface area contributed by atoms with Gasteiger partial charge in [0.15, 0.2) is 0 Å². The topological polar surface area (TPSA) is 16.1 Å². The molecule has 1 heterocycles. The van der Waals surface area contributed by atoms with Crippen LogP contribution in [0.4, 0.5) is 0 Å². The minimum atomic E-state index is 0. The molecule has 3 heteroatoms. The number of hydrogen-bond donors (Lipinski definition) is 0. The molecule has 0 fully saturated rings. The van der Waals surface area contributed by atoms with E-state index in [1.165, 1.54) is 5.56 Å². The molecule has 0 aromatic carbocycles. The average Bonchev–Trinajstić information content (AvgIpc) is 2.03. The highest BCUT2D eigenvalue weighted by Gasteiger charge is 1.92. The van der Waals surface area contributed by atoms with Gasteiger partial charge in [-0.15, -0.1) is 12.4 Å². The number of halogens is 1. The molecule has 0 unspecified atom stereocenters. The number of rotatable bonds is 3. The first-order chi connectivity index (χ1) is 5.29. The minimum absolute atomic E-state index is 0. The Balaban J connectivity index is 0.00000121. The fourth-order valence-electron chi connectivity index (χ4n) is 0.899. The first kappa shape index (κ1) is 11.4. The Labute approximate surface area is 80.0 Å². The molecule has 0 radical (unpaired) electrons. The number of pyridine rings is 1. The van der Waals surface area contributed by atoms with Crippen molar-refractivity contribution < 1.29 is 0 Å². The lowest BCUT2D eigenvalue weighted by molar-refractivity contribution is 0.413. The Bertz CT molecular complexity index is 199. The van der Waals surface area contributed by atoms with Gasteiger partial charge in [-0.2, -0.15) is 0 Å². The molecule has 0 bridgehead atoms. The van der Waals surface area contributed by atoms with Crippen molar-refractivity contribution in [2.75, 3.05) is 20.6 Å². The highest BCUT2D eigenvalue weighted by molar-refractivity contribution is 5.85. The predicted molar refractivity (Wildman–Crippen MR) is 53.7 cm³/mol. The molecule has 1 aromatic heterocycles. The molecule has 12 heavy (non-hydrogen) atoms. The maximum absolute atomic E-state index is 4.04. The fourth-order valence-corrected chi connectivity index (χ4v) is 0.899. The van der Waals surface area contributed by atoms with Gasteiger partial charge >= 0.3 is 0 Å². The largest absolute Gasteiger partial charge is 0.309 e. The monoisotopic (exact) mass is 186 g/mol. The van der Waals surface area contributed by atoms with E-state index >= 15 is 0 Å². The van der Waals surface area contributed by atoms with Gasteiger partial charge in [-0.05, 0) is 32.1 Å². The lowest BCUT2D eigenvalue weighted by Gasteiger charge is -2.07. The first-order valence-corrected chi connectivity index (χ1v) is 3.82. The van der Waals surface area contributed by atoms with Gasteiger partial charge < -0.3 is 4.90 Å². The second-order valence-corrected chi connectivity index (χ2v) is 2.91. The van der Waals surface area contributed by atoms with Crippen molar-refractivity contribution in [3.05, 3.63) is 30.1 Å². The van der Waals surface area contributed by atoms with E-state index in [-0.39, 0.29) is 12.4 Å². The van der Waals surface area contributed by atoms with Crippen LogP contribution in [0.15, 0.2) is 24.5 Å². The third-order valence-corrected chi connectivity index (χ3v) is 1.57. The molecule has 1 rings (SSSR count). The van der Waals surface area contributed by atoms with Crippen molar-refractivity contribution in [1.29, 1.82) is 0 Å². The molecule has 0 saturated heterocycles. The zero-order valence-corrected chi connectivity index (χ0v) is 8.34. The van der Waals surface area contributed by atoms with E-state index in [2.05, 4.69) is 30.0 Å². The van der Waals surface area contributed by atoms with Gasteiger partial charge in [0, 0.05) is 18.9 Å². The zero-order valence-electron chi connectivity index (χ0n) is 7.53. The van der Waals surface area contributed by atoms with E-state index in [0.717, 1.165) is 13.0 Å². The molecule has 0 saturated carbocycles. The van der Waals surface area contributed by atoms with Crippen LogP contribution in [-0.2, 0) is 6.42 Å². The molecule has 0 aliphatic heterocycles. The summed E-state index contributed by atoms with van der Waals surface area (Å²) in [6.07, 6.45) is 4.81. The molecule has 0 spiro atoms. The average molecular weight is 187 g/mol. The van der Waals surface area contributed by atoms with Crippen molar-refractivity contribution in [2.45, 2.75) is 6.42 Å². The van der Waals surface area contributed by atoms with Crippen molar-refractivity contribution in [3.8, 4) is 0 Å². The predicted octanol–water partition coefficient (Wildman–Crippen LogP) is 1.61. The summed E-state index contributed by atoms with van der Waals surface area (Å²) in [6, 6.07) is 4.08. The smallest absolute Gasteiger partial charge is 0.0300 e. The normalized spacial score (nSPS) is 9.58. The molecule has 0 amide bonds. The number of hydrogen-bond acceptors (Lipinski definition) is 2. The maximum Gasteiger partial charge on any atom is 0.0300 e. The van der Waals surface area contributed by atoms with E-state index in [4.69, 9.17) is 0 Å². The molecule has 0 aliphatic rings. The minimum Gasteiger partial charge on any atom is -0.309 e. The molecular weight excluding hydrogens is 172 g/mol. The number of nitrogens with zero attached hydrogens (tertiary/aromatic N) is 2. The van der Waals surface area contributed by atoms with Gasteiger partial charge in [0.05, 0.1) is 0 Å². The van der Waals surface area contributed by atoms with E-state index in [1.807, 2.05) is 12.3 Å². The Morgan fingerprint density at radius 1 is 1.42 bits per heavy atom. The van der Waals surface area contributed by atoms with Gasteiger partial charge in [-0.25, -0.2) is 0 Å². The summed E-state index contributed by atoms with van der Waals surface area (Å²) in [4.78, 5) is 6.22. The number of aromatic nitrogens is 1. The Kier molecular flexibility index (Phi) is 5.68. The van der Waals surface area contributed by atoms with E-state index in [1.54, 1.807) is 6.20 Å². The molecule has 0 atom stereocenters. The van der Waals surface area contributed by atoms with Crippen LogP contribution in [0.1, 0.15) is 5.56 Å². The van der Waals surface area contributed by atoms with Crippen LogP contribution >= 0.6 is 12.4 Å². The second-order valence-electron chi connectivity index (χ2n) is 2.91. The Hall–Kier alpha value is -0.600. The Morgan fingerprint density at radius 3 is 2.67 bits per heavy atom. The van der Waals surface area contributed by atoms with E-state index in [9.17, 15) is 0 Å². The van der Waals surface area contributed by atoms with Crippen molar-refractivity contribution in [1.82, 2.24) is 9.88 Å². The SMILES string of the molecule is CN(C)CCc1cccnc1.Cl. The van der Waals surface area contributed by atoms with Crippen LogP contribution in [0.2, 0.25) is 0 Å². The van der Waals surface area contributed by atoms with Crippen LogP contribution in [-0.4, -0.2) is 30.5 Å². The van der Waals surface area contributed by atoms with Gasteiger partial charge in [0.2, 0.25) is 0 Å². The van der Waals surface area contributed by atoms with Crippen molar-refractivity contribution in [3.63, 3.8) is 0 Å². The Morgan fingerprint density at radius 2 is 2.17 bits per heavy atom. The second kappa shape index (κ2) is 5.98. The lowest BCUT2D eigenvalue weighted by atomic mass is 10.2. The summed E-state index contributed by atoms with van der Waals surface area (Å²) in [5, 5.41) is 0. The standard InChI is InChI=1S/C9H14N2.ClH/c1-11(2)7-5-9-4-3-6-10-8-9;/h3-4,6,8H,5,7H2,1-2H3;1H. The molecule has 1 aromatic rings. The summed E-state index contributed by atoms with van der Waals surface area (Å²) in [5.41, 5.74) is 1.31. The zero-order chi connectivity index (χ0) is 8.10. The number of likely N-dealkylation sites (N-methyl/N-ethyl adjacent to an activating group) is 1. The van der Waals surface area contributed by atoms with Crippen molar-refractivity contribution >= 4 is 12.4 Å². The summed E-state index contributed by atoms with van der Waals surface area (Å²) in [6.45, 7) is 1.09. The van der Waals surface area contributed by atoms with Crippen LogP contribution in [0, 0.1) is 0 Å².